The first-order chi connectivity index (χ1) is 8.79. The average molecular weight is 242 g/mol. The van der Waals surface area contributed by atoms with Gasteiger partial charge >= 0.3 is 5.76 Å². The van der Waals surface area contributed by atoms with Gasteiger partial charge in [-0.05, 0) is 6.07 Å². The van der Waals surface area contributed by atoms with E-state index in [1.54, 1.807) is 24.4 Å². The highest BCUT2D eigenvalue weighted by Crippen LogP contribution is 2.23. The molecule has 0 fully saturated rings. The molecule has 0 saturated heterocycles. The van der Waals surface area contributed by atoms with Crippen molar-refractivity contribution in [2.75, 3.05) is 0 Å². The van der Waals surface area contributed by atoms with Crippen molar-refractivity contribution < 1.29 is 8.94 Å². The summed E-state index contributed by atoms with van der Waals surface area (Å²) in [4.78, 5) is 21.1. The first kappa shape index (κ1) is 9.23. The van der Waals surface area contributed by atoms with E-state index in [4.69, 9.17) is 8.94 Å². The van der Waals surface area contributed by atoms with Crippen LogP contribution in [0.4, 0.5) is 0 Å². The molecule has 2 N–H and O–H groups in total. The predicted molar refractivity (Wildman–Crippen MR) is 62.0 cm³/mol. The van der Waals surface area contributed by atoms with Crippen molar-refractivity contribution in [2.24, 2.45) is 0 Å². The molecule has 7 nitrogen and oxygen atoms in total. The Hall–Kier alpha value is -2.83. The highest BCUT2D eigenvalue weighted by Gasteiger charge is 2.11. The number of fused-ring (bicyclic) bond motifs is 2. The fourth-order valence-corrected chi connectivity index (χ4v) is 1.91. The Morgan fingerprint density at radius 3 is 2.94 bits per heavy atom. The first-order valence-corrected chi connectivity index (χ1v) is 5.23. The molecule has 3 heterocycles. The number of H-pyrrole nitrogens is 2. The van der Waals surface area contributed by atoms with Crippen molar-refractivity contribution >= 4 is 22.1 Å². The van der Waals surface area contributed by atoms with Gasteiger partial charge in [0.1, 0.15) is 0 Å². The molecule has 4 aromatic rings. The van der Waals surface area contributed by atoms with E-state index >= 15 is 0 Å². The van der Waals surface area contributed by atoms with E-state index in [9.17, 15) is 4.79 Å². The van der Waals surface area contributed by atoms with Gasteiger partial charge in [0.2, 0.25) is 5.76 Å². The quantitative estimate of drug-likeness (QED) is 0.528. The summed E-state index contributed by atoms with van der Waals surface area (Å²) in [5, 5.41) is 3.62. The van der Waals surface area contributed by atoms with Gasteiger partial charge in [0.25, 0.3) is 0 Å². The monoisotopic (exact) mass is 242 g/mol. The minimum Gasteiger partial charge on any atom is -0.408 e. The number of nitrogens with one attached hydrogen (secondary N) is 2. The number of aromatic amines is 2. The van der Waals surface area contributed by atoms with E-state index in [1.807, 2.05) is 0 Å². The van der Waals surface area contributed by atoms with Crippen molar-refractivity contribution in [1.29, 1.82) is 0 Å². The number of hydrogen-bond donors (Lipinski definition) is 2. The molecule has 0 saturated carbocycles. The number of oxazole rings is 1. The van der Waals surface area contributed by atoms with Gasteiger partial charge in [0.15, 0.2) is 11.4 Å². The standard InChI is InChI=1S/C11H6N4O3/c16-11-15-7-3-5-6(4-9(7)17-11)14-10(13-5)8-1-2-12-18-8/h1-4H,(H,13,14)(H,15,16). The zero-order chi connectivity index (χ0) is 12.1. The molecule has 0 aliphatic rings. The second-order valence-electron chi connectivity index (χ2n) is 3.84. The molecule has 0 aliphatic carbocycles. The lowest BCUT2D eigenvalue weighted by Gasteiger charge is -1.86. The topological polar surface area (TPSA) is 101 Å². The minimum absolute atomic E-state index is 0.475. The molecule has 0 radical (unpaired) electrons. The van der Waals surface area contributed by atoms with Crippen LogP contribution in [0.15, 0.2) is 38.1 Å². The summed E-state index contributed by atoms with van der Waals surface area (Å²) >= 11 is 0. The van der Waals surface area contributed by atoms with Gasteiger partial charge in [-0.3, -0.25) is 4.98 Å². The molecule has 0 aliphatic heterocycles. The molecule has 1 aromatic carbocycles. The first-order valence-electron chi connectivity index (χ1n) is 5.23. The van der Waals surface area contributed by atoms with Gasteiger partial charge in [0.05, 0.1) is 22.7 Å². The van der Waals surface area contributed by atoms with Crippen LogP contribution >= 0.6 is 0 Å². The summed E-state index contributed by atoms with van der Waals surface area (Å²) in [6.45, 7) is 0. The maximum Gasteiger partial charge on any atom is 0.417 e. The molecule has 0 atom stereocenters. The van der Waals surface area contributed by atoms with Crippen LogP contribution in [-0.2, 0) is 0 Å². The zero-order valence-corrected chi connectivity index (χ0v) is 8.93. The summed E-state index contributed by atoms with van der Waals surface area (Å²) in [6.07, 6.45) is 1.55. The van der Waals surface area contributed by atoms with Gasteiger partial charge in [0, 0.05) is 12.1 Å². The molecule has 18 heavy (non-hydrogen) atoms. The number of hydrogen-bond acceptors (Lipinski definition) is 5. The molecule has 0 bridgehead atoms. The Kier molecular flexibility index (Phi) is 1.59. The Morgan fingerprint density at radius 2 is 2.11 bits per heavy atom. The van der Waals surface area contributed by atoms with Crippen molar-refractivity contribution in [3.63, 3.8) is 0 Å². The van der Waals surface area contributed by atoms with Gasteiger partial charge < -0.3 is 13.9 Å². The summed E-state index contributed by atoms with van der Waals surface area (Å²) in [7, 11) is 0. The molecule has 88 valence electrons. The number of aromatic nitrogens is 4. The Labute approximate surface area is 98.4 Å². The van der Waals surface area contributed by atoms with Crippen LogP contribution in [0.2, 0.25) is 0 Å². The lowest BCUT2D eigenvalue weighted by molar-refractivity contribution is 0.430. The summed E-state index contributed by atoms with van der Waals surface area (Å²) in [5.74, 6) is 0.655. The smallest absolute Gasteiger partial charge is 0.408 e. The van der Waals surface area contributed by atoms with E-state index in [-0.39, 0.29) is 0 Å². The molecular weight excluding hydrogens is 236 g/mol. The number of benzene rings is 1. The fraction of sp³-hybridized carbons (Fsp3) is 0. The van der Waals surface area contributed by atoms with E-state index in [0.29, 0.717) is 28.2 Å². The van der Waals surface area contributed by atoms with Gasteiger partial charge in [-0.1, -0.05) is 5.16 Å². The van der Waals surface area contributed by atoms with Crippen molar-refractivity contribution in [3.8, 4) is 11.6 Å². The fourth-order valence-electron chi connectivity index (χ4n) is 1.91. The van der Waals surface area contributed by atoms with Crippen molar-refractivity contribution in [2.45, 2.75) is 0 Å². The minimum atomic E-state index is -0.479. The lowest BCUT2D eigenvalue weighted by Crippen LogP contribution is -1.92. The third kappa shape index (κ3) is 1.21. The molecule has 4 rings (SSSR count). The van der Waals surface area contributed by atoms with E-state index in [0.717, 1.165) is 5.52 Å². The molecule has 0 unspecified atom stereocenters. The largest absolute Gasteiger partial charge is 0.417 e. The van der Waals surface area contributed by atoms with Crippen molar-refractivity contribution in [3.05, 3.63) is 34.9 Å². The second-order valence-corrected chi connectivity index (χ2v) is 3.84. The Bertz CT molecular complexity index is 843. The van der Waals surface area contributed by atoms with Gasteiger partial charge in [-0.15, -0.1) is 0 Å². The van der Waals surface area contributed by atoms with Gasteiger partial charge in [-0.25, -0.2) is 9.78 Å². The highest BCUT2D eigenvalue weighted by molar-refractivity contribution is 5.91. The number of nitrogens with zero attached hydrogens (tertiary/aromatic N) is 2. The van der Waals surface area contributed by atoms with Gasteiger partial charge in [-0.2, -0.15) is 0 Å². The summed E-state index contributed by atoms with van der Waals surface area (Å²) < 4.78 is 10.00. The third-order valence-electron chi connectivity index (χ3n) is 2.69. The summed E-state index contributed by atoms with van der Waals surface area (Å²) in [5.41, 5.74) is 2.57. The summed E-state index contributed by atoms with van der Waals surface area (Å²) in [6, 6.07) is 5.17. The second kappa shape index (κ2) is 3.10. The van der Waals surface area contributed by atoms with Crippen LogP contribution in [0.5, 0.6) is 0 Å². The van der Waals surface area contributed by atoms with E-state index in [2.05, 4.69) is 20.1 Å². The van der Waals surface area contributed by atoms with Crippen LogP contribution in [0.1, 0.15) is 0 Å². The molecule has 0 amide bonds. The van der Waals surface area contributed by atoms with Crippen LogP contribution in [-0.4, -0.2) is 20.1 Å². The molecule has 3 aromatic heterocycles. The number of imidazole rings is 1. The SMILES string of the molecule is O=c1[nH]c2cc3[nH]c(-c4ccno4)nc3cc2o1. The highest BCUT2D eigenvalue weighted by atomic mass is 16.5. The van der Waals surface area contributed by atoms with E-state index in [1.165, 1.54) is 0 Å². The van der Waals surface area contributed by atoms with Crippen LogP contribution in [0, 0.1) is 0 Å². The Balaban J connectivity index is 2.03. The normalized spacial score (nSPS) is 11.6. The van der Waals surface area contributed by atoms with Crippen molar-refractivity contribution in [1.82, 2.24) is 20.1 Å². The molecular formula is C11H6N4O3. The third-order valence-corrected chi connectivity index (χ3v) is 2.69. The van der Waals surface area contributed by atoms with Crippen LogP contribution in [0.25, 0.3) is 33.7 Å². The maximum atomic E-state index is 11.1. The Morgan fingerprint density at radius 1 is 1.17 bits per heavy atom. The van der Waals surface area contributed by atoms with E-state index < -0.39 is 5.76 Å². The maximum absolute atomic E-state index is 11.1. The lowest BCUT2D eigenvalue weighted by atomic mass is 10.3. The van der Waals surface area contributed by atoms with Crippen LogP contribution < -0.4 is 5.76 Å². The average Bonchev–Trinajstić information content (AvgIpc) is 3.02. The zero-order valence-electron chi connectivity index (χ0n) is 8.93. The van der Waals surface area contributed by atoms with Crippen LogP contribution in [0.3, 0.4) is 0 Å². The molecule has 7 heteroatoms. The predicted octanol–water partition coefficient (Wildman–Crippen LogP) is 1.65. The number of rotatable bonds is 1. The molecule has 0 spiro atoms.